The third kappa shape index (κ3) is 18.1. The molecular weight excluding hydrogens is 1650 g/mol. The first-order valence-corrected chi connectivity index (χ1v) is 36.7. The van der Waals surface area contributed by atoms with Crippen LogP contribution in [0.25, 0.3) is 66.8 Å². The summed E-state index contributed by atoms with van der Waals surface area (Å²) in [5.41, 5.74) is 2.92. The number of nitrogens with one attached hydrogen (secondary N) is 1. The van der Waals surface area contributed by atoms with Crippen LogP contribution in [-0.2, 0) is 23.7 Å². The van der Waals surface area contributed by atoms with Crippen LogP contribution in [0.5, 0.6) is 69.0 Å². The number of benzene rings is 8. The van der Waals surface area contributed by atoms with E-state index in [1.165, 1.54) is 124 Å². The van der Waals surface area contributed by atoms with Gasteiger partial charge in [0.05, 0.1) is 98.4 Å². The Hall–Kier alpha value is -8.12. The monoisotopic (exact) mass is 1730 g/mol. The highest BCUT2D eigenvalue weighted by Gasteiger charge is 2.45. The fraction of sp³-hybridized carbons (Fsp3) is 0.400. The molecule has 8 aromatic carbocycles. The minimum atomic E-state index is -1.67. The first-order chi connectivity index (χ1) is 51.8. The number of quaternary nitrogens is 1. The smallest absolute Gasteiger partial charge is 0.204 e. The van der Waals surface area contributed by atoms with Gasteiger partial charge in [-0.2, -0.15) is 0 Å². The number of fused-ring (bicyclic) bond motifs is 3. The number of alkyl halides is 2. The van der Waals surface area contributed by atoms with Gasteiger partial charge >= 0.3 is 0 Å². The Morgan fingerprint density at radius 2 is 0.495 bits per heavy atom. The van der Waals surface area contributed by atoms with Crippen LogP contribution in [0.2, 0.25) is 0 Å². The maximum atomic E-state index is 15.1. The number of rotatable bonds is 31. The van der Waals surface area contributed by atoms with Crippen LogP contribution in [0.3, 0.4) is 0 Å². The lowest BCUT2D eigenvalue weighted by Crippen LogP contribution is -3.00. The van der Waals surface area contributed by atoms with E-state index >= 15 is 17.6 Å². The SMILES string of the molecule is CCCCNCCCC.CCCC[N+]1(CCCC)Cc2c(-c3cc(F)c(F)c(F)c3)c(OC)c(OC)c(OC)c2-c2c(c(-c3cc(F)c(F)c(F)c3)c(OC)c(OC)c2OC)C1.COc1c(OC)c(-c2cc(F)c(F)c(F)c2)c(CBr)c(-c2c(CBr)c(-c3cc(F)c(F)c(F)c3)c(OC)c(OC)c2OC)c1OC.[Br-]. The molecule has 0 radical (unpaired) electrons. The molecule has 1 aliphatic heterocycles. The molecule has 1 heterocycles. The third-order valence-corrected chi connectivity index (χ3v) is 19.7. The summed E-state index contributed by atoms with van der Waals surface area (Å²) in [5.74, 6) is -17.5. The topological polar surface area (TPSA) is 123 Å². The number of ether oxygens (including phenoxy) is 12. The Labute approximate surface area is 655 Å². The first kappa shape index (κ1) is 89.8. The van der Waals surface area contributed by atoms with Crippen molar-refractivity contribution in [2.24, 2.45) is 0 Å². The zero-order valence-electron chi connectivity index (χ0n) is 63.4. The number of methoxy groups -OCH3 is 12. The molecule has 0 amide bonds. The Balaban J connectivity index is 0.000000305. The van der Waals surface area contributed by atoms with Gasteiger partial charge in [-0.25, -0.2) is 52.7 Å². The summed E-state index contributed by atoms with van der Waals surface area (Å²) in [6, 6.07) is 6.75. The van der Waals surface area contributed by atoms with Crippen molar-refractivity contribution < 1.29 is 131 Å². The van der Waals surface area contributed by atoms with Crippen LogP contribution < -0.4 is 79.1 Å². The van der Waals surface area contributed by atoms with Crippen molar-refractivity contribution in [2.75, 3.05) is 111 Å². The largest absolute Gasteiger partial charge is 1.00 e. The predicted molar refractivity (Wildman–Crippen MR) is 399 cm³/mol. The number of hydrogen-bond acceptors (Lipinski definition) is 13. The quantitative estimate of drug-likeness (QED) is 0.0146. The standard InChI is InChI=1S/C40H44F6NO6.C32H26Br2F6O6.C8H19N.BrH/c1-9-11-13-47(14-12-10-2)19-23-29(21-15-25(41)33(45)26(42)16-21)35(48-3)39(52-7)37(50-5)31(23)32-24(20-47)30(22-17-27(43)34(46)28(44)18-22)36(49-4)40(53-8)38(32)51-6;1-41-27-21(13-7-17(35)25(39)18(36)8-13)15(11-33)23(29(43-3)31(27)45-5)24-16(12-34)22(14-9-19(37)26(40)20(38)10-14)28(42-2)32(46-6)30(24)44-4;1-3-5-7-9-8-6-4-2;/h15-18H,9-14,19-20H2,1-8H3;7-10H,11-12H2,1-6H3;9H,3-8H2,1-2H3;1H/q+1;;;/p-1. The van der Waals surface area contributed by atoms with Crippen molar-refractivity contribution in [3.63, 3.8) is 0 Å². The summed E-state index contributed by atoms with van der Waals surface area (Å²) in [7, 11) is 16.2. The van der Waals surface area contributed by atoms with Gasteiger partial charge in [0.15, 0.2) is 116 Å². The molecule has 29 heteroatoms. The average molecular weight is 1740 g/mol. The first-order valence-electron chi connectivity index (χ1n) is 34.5. The molecule has 0 atom stereocenters. The van der Waals surface area contributed by atoms with Crippen molar-refractivity contribution in [2.45, 2.75) is 103 Å². The summed E-state index contributed by atoms with van der Waals surface area (Å²) < 4.78 is 247. The molecule has 0 aromatic heterocycles. The minimum Gasteiger partial charge on any atom is -1.00 e. The molecule has 0 saturated carbocycles. The Bertz CT molecular complexity index is 4160. The molecule has 109 heavy (non-hydrogen) atoms. The van der Waals surface area contributed by atoms with Crippen molar-refractivity contribution in [3.8, 4) is 136 Å². The summed E-state index contributed by atoms with van der Waals surface area (Å²) in [5, 5.41) is 3.34. The maximum Gasteiger partial charge on any atom is 0.204 e. The molecule has 596 valence electrons. The van der Waals surface area contributed by atoms with Gasteiger partial charge in [0.2, 0.25) is 23.0 Å². The van der Waals surface area contributed by atoms with Crippen LogP contribution >= 0.6 is 31.9 Å². The predicted octanol–water partition coefficient (Wildman–Crippen LogP) is 18.5. The fourth-order valence-electron chi connectivity index (χ4n) is 13.7. The highest BCUT2D eigenvalue weighted by Crippen LogP contribution is 2.64. The van der Waals surface area contributed by atoms with E-state index in [0.717, 1.165) is 74.2 Å². The van der Waals surface area contributed by atoms with E-state index in [4.69, 9.17) is 56.8 Å². The molecule has 14 nitrogen and oxygen atoms in total. The van der Waals surface area contributed by atoms with Crippen LogP contribution in [0.15, 0.2) is 48.5 Å². The van der Waals surface area contributed by atoms with Crippen LogP contribution in [0, 0.1) is 69.8 Å². The summed E-state index contributed by atoms with van der Waals surface area (Å²) in [4.78, 5) is 0. The van der Waals surface area contributed by atoms with E-state index in [2.05, 4.69) is 64.9 Å². The van der Waals surface area contributed by atoms with Gasteiger partial charge in [-0.05, 0) is 121 Å². The van der Waals surface area contributed by atoms with E-state index in [9.17, 15) is 35.1 Å². The number of halogens is 15. The number of nitrogens with zero attached hydrogens (tertiary/aromatic N) is 1. The van der Waals surface area contributed by atoms with Gasteiger partial charge in [0.1, 0.15) is 13.1 Å². The van der Waals surface area contributed by atoms with Gasteiger partial charge in [-0.1, -0.05) is 85.2 Å². The summed E-state index contributed by atoms with van der Waals surface area (Å²) >= 11 is 6.93. The summed E-state index contributed by atoms with van der Waals surface area (Å²) in [6.45, 7) is 12.6. The van der Waals surface area contributed by atoms with Crippen molar-refractivity contribution in [3.05, 3.63) is 141 Å². The van der Waals surface area contributed by atoms with E-state index in [-0.39, 0.29) is 176 Å². The molecule has 0 saturated heterocycles. The van der Waals surface area contributed by atoms with E-state index in [0.29, 0.717) is 39.8 Å². The number of unbranched alkanes of at least 4 members (excludes halogenated alkanes) is 4. The molecule has 0 spiro atoms. The third-order valence-electron chi connectivity index (χ3n) is 18.6. The lowest BCUT2D eigenvalue weighted by molar-refractivity contribution is -0.953. The molecule has 0 fully saturated rings. The second-order valence-corrected chi connectivity index (χ2v) is 26.0. The number of hydrogen-bond donors (Lipinski definition) is 1. The summed E-state index contributed by atoms with van der Waals surface area (Å²) in [6.07, 6.45) is 8.41. The average Bonchev–Trinajstić information content (AvgIpc) is 1.69. The maximum absolute atomic E-state index is 15.1. The highest BCUT2D eigenvalue weighted by molar-refractivity contribution is 9.08. The minimum absolute atomic E-state index is 0. The molecule has 0 unspecified atom stereocenters. The molecule has 1 N–H and O–H groups in total. The van der Waals surface area contributed by atoms with Crippen molar-refractivity contribution >= 4 is 31.9 Å². The Kier molecular flexibility index (Phi) is 33.5. The molecule has 1 aliphatic rings. The van der Waals surface area contributed by atoms with E-state index in [1.807, 2.05) is 0 Å². The van der Waals surface area contributed by atoms with Crippen LogP contribution in [0.4, 0.5) is 52.7 Å². The lowest BCUT2D eigenvalue weighted by atomic mass is 9.84. The van der Waals surface area contributed by atoms with Gasteiger partial charge in [-0.3, -0.25) is 0 Å². The van der Waals surface area contributed by atoms with Crippen LogP contribution in [0.1, 0.15) is 101 Å². The molecular formula is C80H89Br3F12N2O12. The van der Waals surface area contributed by atoms with Gasteiger partial charge in [0, 0.05) is 66.3 Å². The fourth-order valence-corrected chi connectivity index (χ4v) is 14.9. The molecule has 0 aliphatic carbocycles. The zero-order chi connectivity index (χ0) is 79.8. The van der Waals surface area contributed by atoms with E-state index in [1.54, 1.807) is 0 Å². The molecule has 8 aromatic rings. The lowest BCUT2D eigenvalue weighted by Gasteiger charge is -2.39. The van der Waals surface area contributed by atoms with Gasteiger partial charge in [-0.15, -0.1) is 0 Å². The zero-order valence-corrected chi connectivity index (χ0v) is 68.2. The highest BCUT2D eigenvalue weighted by atomic mass is 79.9. The molecule has 9 rings (SSSR count). The normalized spacial score (nSPS) is 11.9. The molecule has 0 bridgehead atoms. The van der Waals surface area contributed by atoms with Gasteiger partial charge in [0.25, 0.3) is 0 Å². The second kappa shape index (κ2) is 40.7. The van der Waals surface area contributed by atoms with Gasteiger partial charge < -0.3 is 83.6 Å². The Morgan fingerprint density at radius 3 is 0.706 bits per heavy atom. The van der Waals surface area contributed by atoms with E-state index < -0.39 is 69.8 Å². The second-order valence-electron chi connectivity index (χ2n) is 24.9. The van der Waals surface area contributed by atoms with Crippen molar-refractivity contribution in [1.29, 1.82) is 0 Å². The van der Waals surface area contributed by atoms with Crippen molar-refractivity contribution in [1.82, 2.24) is 5.32 Å². The Morgan fingerprint density at radius 1 is 0.294 bits per heavy atom. The van der Waals surface area contributed by atoms with Crippen LogP contribution in [-0.4, -0.2) is 116 Å².